The van der Waals surface area contributed by atoms with Crippen molar-refractivity contribution < 1.29 is 14.3 Å². The van der Waals surface area contributed by atoms with E-state index in [1.807, 2.05) is 25.1 Å². The van der Waals surface area contributed by atoms with Gasteiger partial charge in [-0.15, -0.1) is 0 Å². The molecule has 0 spiro atoms. The molecule has 6 nitrogen and oxygen atoms in total. The third-order valence-electron chi connectivity index (χ3n) is 5.78. The van der Waals surface area contributed by atoms with E-state index in [9.17, 15) is 9.59 Å². The number of anilines is 1. The smallest absolute Gasteiger partial charge is 0.313 e. The maximum atomic E-state index is 12.6. The Morgan fingerprint density at radius 1 is 1.03 bits per heavy atom. The second kappa shape index (κ2) is 10.1. The van der Waals surface area contributed by atoms with Gasteiger partial charge in [-0.1, -0.05) is 60.1 Å². The first-order valence-electron chi connectivity index (χ1n) is 10.7. The highest BCUT2D eigenvalue weighted by Gasteiger charge is 2.26. The van der Waals surface area contributed by atoms with Gasteiger partial charge in [0.05, 0.1) is 19.3 Å². The molecule has 166 valence electrons. The number of carbonyl (C=O) groups is 2. The largest absolute Gasteiger partial charge is 0.379 e. The predicted molar refractivity (Wildman–Crippen MR) is 127 cm³/mol. The third kappa shape index (κ3) is 5.10. The second-order valence-corrected chi connectivity index (χ2v) is 8.29. The topological polar surface area (TPSA) is 70.7 Å². The van der Waals surface area contributed by atoms with E-state index in [0.29, 0.717) is 30.5 Å². The zero-order valence-corrected chi connectivity index (χ0v) is 18.7. The van der Waals surface area contributed by atoms with Crippen molar-refractivity contribution in [3.63, 3.8) is 0 Å². The number of amides is 2. The number of aryl methyl sites for hydroxylation is 1. The number of ether oxygens (including phenoxy) is 1. The van der Waals surface area contributed by atoms with E-state index < -0.39 is 11.8 Å². The van der Waals surface area contributed by atoms with Crippen molar-refractivity contribution in [3.05, 3.63) is 76.8 Å². The van der Waals surface area contributed by atoms with E-state index in [4.69, 9.17) is 16.3 Å². The van der Waals surface area contributed by atoms with Crippen LogP contribution in [0.15, 0.2) is 60.7 Å². The van der Waals surface area contributed by atoms with Gasteiger partial charge in [-0.3, -0.25) is 14.5 Å². The van der Waals surface area contributed by atoms with Crippen molar-refractivity contribution in [1.29, 1.82) is 0 Å². The average molecular weight is 452 g/mol. The molecule has 1 fully saturated rings. The quantitative estimate of drug-likeness (QED) is 0.576. The molecule has 2 amide bonds. The van der Waals surface area contributed by atoms with Gasteiger partial charge < -0.3 is 15.4 Å². The molecular weight excluding hydrogens is 426 g/mol. The molecule has 3 aromatic carbocycles. The molecule has 1 saturated heterocycles. The Kier molecular flexibility index (Phi) is 7.05. The number of carbonyl (C=O) groups excluding carboxylic acids is 2. The lowest BCUT2D eigenvalue weighted by atomic mass is 9.97. The van der Waals surface area contributed by atoms with Crippen LogP contribution in [0.4, 0.5) is 5.69 Å². The van der Waals surface area contributed by atoms with Crippen LogP contribution in [0, 0.1) is 6.92 Å². The van der Waals surface area contributed by atoms with Gasteiger partial charge in [-0.25, -0.2) is 0 Å². The van der Waals surface area contributed by atoms with Crippen molar-refractivity contribution in [2.45, 2.75) is 13.0 Å². The number of halogens is 1. The fourth-order valence-electron chi connectivity index (χ4n) is 4.04. The Morgan fingerprint density at radius 2 is 1.78 bits per heavy atom. The van der Waals surface area contributed by atoms with Gasteiger partial charge in [0.15, 0.2) is 0 Å². The summed E-state index contributed by atoms with van der Waals surface area (Å²) in [6.45, 7) is 4.97. The van der Waals surface area contributed by atoms with Crippen LogP contribution in [0.2, 0.25) is 5.02 Å². The van der Waals surface area contributed by atoms with Crippen molar-refractivity contribution in [2.24, 2.45) is 0 Å². The van der Waals surface area contributed by atoms with Gasteiger partial charge in [0, 0.05) is 30.3 Å². The first-order valence-corrected chi connectivity index (χ1v) is 11.1. The van der Waals surface area contributed by atoms with Gasteiger partial charge in [0.2, 0.25) is 0 Å². The minimum Gasteiger partial charge on any atom is -0.379 e. The Bertz CT molecular complexity index is 1120. The molecule has 1 atom stereocenters. The van der Waals surface area contributed by atoms with E-state index in [1.165, 1.54) is 0 Å². The lowest BCUT2D eigenvalue weighted by molar-refractivity contribution is -0.136. The molecule has 0 unspecified atom stereocenters. The normalized spacial score (nSPS) is 15.3. The fourth-order valence-corrected chi connectivity index (χ4v) is 4.22. The summed E-state index contributed by atoms with van der Waals surface area (Å²) in [7, 11) is 0. The fraction of sp³-hybridized carbons (Fsp3) is 0.280. The summed E-state index contributed by atoms with van der Waals surface area (Å²) >= 11 is 6.02. The molecule has 7 heteroatoms. The number of hydrogen-bond donors (Lipinski definition) is 2. The SMILES string of the molecule is Cc1ccc(Cl)cc1NC(=O)C(=O)NC[C@@H](c1cccc2ccccc12)N1CCOCC1. The molecule has 0 aliphatic carbocycles. The number of nitrogens with one attached hydrogen (secondary N) is 2. The number of fused-ring (bicyclic) bond motifs is 1. The molecule has 0 saturated carbocycles. The van der Waals surface area contributed by atoms with Crippen molar-refractivity contribution in [1.82, 2.24) is 10.2 Å². The van der Waals surface area contributed by atoms with E-state index in [0.717, 1.165) is 35.0 Å². The van der Waals surface area contributed by atoms with Gasteiger partial charge in [0.1, 0.15) is 0 Å². The molecule has 0 bridgehead atoms. The third-order valence-corrected chi connectivity index (χ3v) is 6.01. The second-order valence-electron chi connectivity index (χ2n) is 7.86. The summed E-state index contributed by atoms with van der Waals surface area (Å²) in [4.78, 5) is 27.4. The average Bonchev–Trinajstić information content (AvgIpc) is 2.82. The summed E-state index contributed by atoms with van der Waals surface area (Å²) in [6.07, 6.45) is 0. The Balaban J connectivity index is 1.52. The Labute approximate surface area is 192 Å². The van der Waals surface area contributed by atoms with Gasteiger partial charge in [0.25, 0.3) is 0 Å². The lowest BCUT2D eigenvalue weighted by Crippen LogP contribution is -2.45. The monoisotopic (exact) mass is 451 g/mol. The van der Waals surface area contributed by atoms with E-state index in [1.54, 1.807) is 18.2 Å². The number of hydrogen-bond acceptors (Lipinski definition) is 4. The van der Waals surface area contributed by atoms with Crippen LogP contribution in [-0.4, -0.2) is 49.6 Å². The summed E-state index contributed by atoms with van der Waals surface area (Å²) in [5.41, 5.74) is 2.48. The summed E-state index contributed by atoms with van der Waals surface area (Å²) in [5.74, 6) is -1.39. The minimum absolute atomic E-state index is 0.0744. The molecule has 4 rings (SSSR count). The van der Waals surface area contributed by atoms with Gasteiger partial charge >= 0.3 is 11.8 Å². The molecule has 1 aliphatic heterocycles. The first-order chi connectivity index (χ1) is 15.5. The molecule has 0 radical (unpaired) electrons. The molecular formula is C25H26ClN3O3. The highest BCUT2D eigenvalue weighted by Crippen LogP contribution is 2.29. The Morgan fingerprint density at radius 3 is 2.59 bits per heavy atom. The number of benzene rings is 3. The molecule has 3 aromatic rings. The molecule has 0 aromatic heterocycles. The van der Waals surface area contributed by atoms with Crippen molar-refractivity contribution in [2.75, 3.05) is 38.2 Å². The van der Waals surface area contributed by atoms with Gasteiger partial charge in [-0.05, 0) is 41.0 Å². The standard InChI is InChI=1S/C25H26ClN3O3/c1-17-9-10-19(26)15-22(17)28-25(31)24(30)27-16-23(29-11-13-32-14-12-29)21-8-4-6-18-5-2-3-7-20(18)21/h2-10,15,23H,11-14,16H2,1H3,(H,27,30)(H,28,31)/t23-/m0/s1. The van der Waals surface area contributed by atoms with Crippen LogP contribution in [0.25, 0.3) is 10.8 Å². The number of nitrogens with zero attached hydrogens (tertiary/aromatic N) is 1. The Hall–Kier alpha value is -2.93. The summed E-state index contributed by atoms with van der Waals surface area (Å²) in [5, 5.41) is 8.26. The van der Waals surface area contributed by atoms with Crippen LogP contribution in [0.5, 0.6) is 0 Å². The van der Waals surface area contributed by atoms with Crippen molar-refractivity contribution >= 4 is 39.9 Å². The maximum absolute atomic E-state index is 12.6. The number of morpholine rings is 1. The van der Waals surface area contributed by atoms with Crippen LogP contribution in [-0.2, 0) is 14.3 Å². The van der Waals surface area contributed by atoms with Crippen LogP contribution < -0.4 is 10.6 Å². The summed E-state index contributed by atoms with van der Waals surface area (Å²) in [6, 6.07) is 19.5. The van der Waals surface area contributed by atoms with Crippen LogP contribution in [0.1, 0.15) is 17.2 Å². The van der Waals surface area contributed by atoms with Crippen molar-refractivity contribution in [3.8, 4) is 0 Å². The lowest BCUT2D eigenvalue weighted by Gasteiger charge is -2.35. The van der Waals surface area contributed by atoms with E-state index in [2.05, 4.69) is 39.8 Å². The highest BCUT2D eigenvalue weighted by atomic mass is 35.5. The van der Waals surface area contributed by atoms with Crippen LogP contribution >= 0.6 is 11.6 Å². The zero-order chi connectivity index (χ0) is 22.5. The number of rotatable bonds is 5. The minimum atomic E-state index is -0.714. The zero-order valence-electron chi connectivity index (χ0n) is 17.9. The summed E-state index contributed by atoms with van der Waals surface area (Å²) < 4.78 is 5.52. The molecule has 32 heavy (non-hydrogen) atoms. The maximum Gasteiger partial charge on any atom is 0.313 e. The van der Waals surface area contributed by atoms with E-state index in [-0.39, 0.29) is 6.04 Å². The first kappa shape index (κ1) is 22.3. The highest BCUT2D eigenvalue weighted by molar-refractivity contribution is 6.40. The van der Waals surface area contributed by atoms with E-state index >= 15 is 0 Å². The van der Waals surface area contributed by atoms with Gasteiger partial charge in [-0.2, -0.15) is 0 Å². The molecule has 1 heterocycles. The predicted octanol–water partition coefficient (Wildman–Crippen LogP) is 3.93. The molecule has 1 aliphatic rings. The van der Waals surface area contributed by atoms with Crippen LogP contribution in [0.3, 0.4) is 0 Å². The molecule has 2 N–H and O–H groups in total.